The van der Waals surface area contributed by atoms with E-state index >= 15 is 0 Å². The van der Waals surface area contributed by atoms with Crippen LogP contribution in [0, 0.1) is 23.7 Å². The van der Waals surface area contributed by atoms with Crippen molar-refractivity contribution >= 4 is 18.0 Å². The van der Waals surface area contributed by atoms with E-state index in [2.05, 4.69) is 11.9 Å². The first kappa shape index (κ1) is 57.2. The van der Waals surface area contributed by atoms with Crippen molar-refractivity contribution in [3.8, 4) is 0 Å². The Balaban J connectivity index is 1.93. The lowest BCUT2D eigenvalue weighted by Gasteiger charge is -2.22. The van der Waals surface area contributed by atoms with Gasteiger partial charge in [-0.1, -0.05) is 18.2 Å². The average molecular weight is 896 g/mol. The van der Waals surface area contributed by atoms with Crippen molar-refractivity contribution in [3.05, 3.63) is 24.8 Å². The Labute approximate surface area is 368 Å². The Kier molecular flexibility index (Phi) is 36.7. The van der Waals surface area contributed by atoms with E-state index in [0.717, 1.165) is 0 Å². The molecule has 0 aromatic rings. The zero-order valence-corrected chi connectivity index (χ0v) is 38.0. The summed E-state index contributed by atoms with van der Waals surface area (Å²) in [4.78, 5) is 37.9. The molecule has 0 bridgehead atoms. The van der Waals surface area contributed by atoms with Gasteiger partial charge in [0.25, 0.3) is 0 Å². The molecule has 0 spiro atoms. The number of amides is 1. The standard InChI is InChI=1S/C43H77NO18/c1-7-36-35-37(9-8-10-44-42(47)62-43(2,3)4)39(38(36)40(45)49-6)41(46)61-34-33-60-32-31-59-30-29-58-28-27-57-26-25-56-24-23-55-22-21-54-20-19-53-18-17-52-16-15-51-14-13-50-12-11-48-5/h7-9,36-39H,1,10-35H2,2-6H3,(H,44,47)/b9-8+. The molecule has 62 heavy (non-hydrogen) atoms. The number of carbonyl (C=O) groups is 3. The van der Waals surface area contributed by atoms with Crippen LogP contribution in [0.4, 0.5) is 4.79 Å². The maximum absolute atomic E-state index is 13.2. The van der Waals surface area contributed by atoms with Crippen LogP contribution in [0.2, 0.25) is 0 Å². The van der Waals surface area contributed by atoms with E-state index in [1.54, 1.807) is 40.0 Å². The minimum atomic E-state index is -0.774. The van der Waals surface area contributed by atoms with Gasteiger partial charge in [-0.2, -0.15) is 0 Å². The van der Waals surface area contributed by atoms with E-state index < -0.39 is 35.5 Å². The van der Waals surface area contributed by atoms with Crippen LogP contribution in [0.1, 0.15) is 27.2 Å². The highest BCUT2D eigenvalue weighted by Crippen LogP contribution is 2.44. The lowest BCUT2D eigenvalue weighted by molar-refractivity contribution is -0.160. The van der Waals surface area contributed by atoms with Crippen LogP contribution in [-0.2, 0) is 80.6 Å². The van der Waals surface area contributed by atoms with Gasteiger partial charge in [0.2, 0.25) is 0 Å². The Bertz CT molecular complexity index is 1140. The normalized spacial score (nSPS) is 17.7. The molecule has 4 atom stereocenters. The number of allylic oxidation sites excluding steroid dienone is 2. The quantitative estimate of drug-likeness (QED) is 0.0405. The fraction of sp³-hybridized carbons (Fsp3) is 0.837. The zero-order chi connectivity index (χ0) is 45.4. The van der Waals surface area contributed by atoms with Crippen LogP contribution in [0.3, 0.4) is 0 Å². The molecular formula is C43H77NO18. The van der Waals surface area contributed by atoms with Crippen molar-refractivity contribution in [1.29, 1.82) is 0 Å². The van der Waals surface area contributed by atoms with E-state index in [1.165, 1.54) is 7.11 Å². The molecule has 4 unspecified atom stereocenters. The van der Waals surface area contributed by atoms with E-state index in [1.807, 2.05) is 6.08 Å². The first-order valence-corrected chi connectivity index (χ1v) is 21.5. The molecule has 1 aliphatic carbocycles. The van der Waals surface area contributed by atoms with Crippen molar-refractivity contribution in [2.45, 2.75) is 32.8 Å². The third kappa shape index (κ3) is 32.0. The van der Waals surface area contributed by atoms with Crippen molar-refractivity contribution in [2.75, 3.05) is 179 Å². The molecule has 0 radical (unpaired) electrons. The fourth-order valence-corrected chi connectivity index (χ4v) is 5.80. The number of methoxy groups -OCH3 is 2. The molecular weight excluding hydrogens is 818 g/mol. The average Bonchev–Trinajstić information content (AvgIpc) is 3.62. The zero-order valence-electron chi connectivity index (χ0n) is 38.0. The van der Waals surface area contributed by atoms with Crippen molar-refractivity contribution in [1.82, 2.24) is 5.32 Å². The molecule has 1 fully saturated rings. The molecule has 1 saturated carbocycles. The molecule has 19 heteroatoms. The van der Waals surface area contributed by atoms with Gasteiger partial charge in [0, 0.05) is 13.7 Å². The number of hydrogen-bond donors (Lipinski definition) is 1. The van der Waals surface area contributed by atoms with Crippen molar-refractivity contribution in [2.24, 2.45) is 23.7 Å². The molecule has 0 aliphatic heterocycles. The highest BCUT2D eigenvalue weighted by atomic mass is 16.6. The minimum absolute atomic E-state index is 0.0116. The number of alkyl carbamates (subject to hydrolysis) is 1. The van der Waals surface area contributed by atoms with E-state index in [9.17, 15) is 14.4 Å². The number of ether oxygens (including phenoxy) is 15. The SMILES string of the molecule is C=CC1CC(/C=C/CNC(=O)OC(C)(C)C)C(C(=O)OCCOCCOCCOCCOCCOCCOCCOCCOCCOCCOCCOCCOC)C1C(=O)OC. The fourth-order valence-electron chi connectivity index (χ4n) is 5.80. The van der Waals surface area contributed by atoms with Crippen LogP contribution in [0.15, 0.2) is 24.8 Å². The predicted octanol–water partition coefficient (Wildman–Crippen LogP) is 2.67. The van der Waals surface area contributed by atoms with Gasteiger partial charge in [0.1, 0.15) is 12.2 Å². The molecule has 0 aromatic carbocycles. The van der Waals surface area contributed by atoms with Gasteiger partial charge in [-0.25, -0.2) is 4.79 Å². The summed E-state index contributed by atoms with van der Waals surface area (Å²) in [6.45, 7) is 19.9. The number of hydrogen-bond acceptors (Lipinski definition) is 18. The lowest BCUT2D eigenvalue weighted by atomic mass is 9.86. The van der Waals surface area contributed by atoms with Crippen LogP contribution in [0.5, 0.6) is 0 Å². The summed E-state index contributed by atoms with van der Waals surface area (Å²) in [5.41, 5.74) is -0.620. The van der Waals surface area contributed by atoms with Crippen LogP contribution in [0.25, 0.3) is 0 Å². The van der Waals surface area contributed by atoms with Crippen LogP contribution < -0.4 is 5.32 Å². The highest BCUT2D eigenvalue weighted by Gasteiger charge is 2.50. The van der Waals surface area contributed by atoms with Gasteiger partial charge in [-0.05, 0) is 39.0 Å². The second kappa shape index (κ2) is 39.8. The number of carbonyl (C=O) groups excluding carboxylic acids is 3. The maximum atomic E-state index is 13.2. The molecule has 1 amide bonds. The maximum Gasteiger partial charge on any atom is 0.407 e. The Hall–Kier alpha value is -2.79. The summed E-state index contributed by atoms with van der Waals surface area (Å²) in [6, 6.07) is 0. The molecule has 362 valence electrons. The third-order valence-corrected chi connectivity index (χ3v) is 8.67. The molecule has 1 rings (SSSR count). The molecule has 1 N–H and O–H groups in total. The molecule has 0 saturated heterocycles. The highest BCUT2D eigenvalue weighted by molar-refractivity contribution is 5.84. The summed E-state index contributed by atoms with van der Waals surface area (Å²) >= 11 is 0. The predicted molar refractivity (Wildman–Crippen MR) is 226 cm³/mol. The Morgan fingerprint density at radius 1 is 0.516 bits per heavy atom. The largest absolute Gasteiger partial charge is 0.469 e. The summed E-state index contributed by atoms with van der Waals surface area (Å²) in [6.07, 6.45) is 5.16. The monoisotopic (exact) mass is 896 g/mol. The second-order valence-corrected chi connectivity index (χ2v) is 14.6. The van der Waals surface area contributed by atoms with E-state index in [-0.39, 0.29) is 31.6 Å². The van der Waals surface area contributed by atoms with Gasteiger partial charge < -0.3 is 76.4 Å². The van der Waals surface area contributed by atoms with Gasteiger partial charge >= 0.3 is 18.0 Å². The Morgan fingerprint density at radius 2 is 0.855 bits per heavy atom. The first-order valence-electron chi connectivity index (χ1n) is 21.5. The second-order valence-electron chi connectivity index (χ2n) is 14.6. The Morgan fingerprint density at radius 3 is 1.18 bits per heavy atom. The molecule has 0 heterocycles. The first-order chi connectivity index (χ1) is 30.1. The third-order valence-electron chi connectivity index (χ3n) is 8.67. The summed E-state index contributed by atoms with van der Waals surface area (Å²) < 4.78 is 80.8. The topological polar surface area (TPSA) is 202 Å². The molecule has 19 nitrogen and oxygen atoms in total. The lowest BCUT2D eigenvalue weighted by Crippen LogP contribution is -2.34. The van der Waals surface area contributed by atoms with Crippen molar-refractivity contribution in [3.63, 3.8) is 0 Å². The molecule has 0 aromatic heterocycles. The van der Waals surface area contributed by atoms with Gasteiger partial charge in [-0.3, -0.25) is 9.59 Å². The van der Waals surface area contributed by atoms with Crippen molar-refractivity contribution < 1.29 is 85.4 Å². The smallest absolute Gasteiger partial charge is 0.407 e. The number of rotatable bonds is 42. The summed E-state index contributed by atoms with van der Waals surface area (Å²) in [5.74, 6) is -3.13. The number of nitrogens with one attached hydrogen (secondary N) is 1. The summed E-state index contributed by atoms with van der Waals surface area (Å²) in [7, 11) is 2.93. The number of esters is 2. The van der Waals surface area contributed by atoms with E-state index in [4.69, 9.17) is 71.1 Å². The van der Waals surface area contributed by atoms with Crippen LogP contribution in [-0.4, -0.2) is 203 Å². The summed E-state index contributed by atoms with van der Waals surface area (Å²) in [5, 5.41) is 2.65. The van der Waals surface area contributed by atoms with Gasteiger partial charge in [0.05, 0.1) is 171 Å². The molecule has 1 aliphatic rings. The van der Waals surface area contributed by atoms with Gasteiger partial charge in [0.15, 0.2) is 0 Å². The van der Waals surface area contributed by atoms with E-state index in [0.29, 0.717) is 152 Å². The van der Waals surface area contributed by atoms with Crippen LogP contribution >= 0.6 is 0 Å². The minimum Gasteiger partial charge on any atom is -0.469 e. The van der Waals surface area contributed by atoms with Gasteiger partial charge in [-0.15, -0.1) is 6.58 Å².